The standard InChI is InChI=1S/C12H17FN2O2S/c1-14-18(16,17)11-4-2-3-10(13)12(11)9-5-7-15-8-6-9/h2-4,9,14-15H,5-8H2,1H3. The molecule has 1 aliphatic rings. The number of piperidine rings is 1. The topological polar surface area (TPSA) is 58.2 Å². The Balaban J connectivity index is 2.50. The minimum atomic E-state index is -3.61. The lowest BCUT2D eigenvalue weighted by Crippen LogP contribution is -2.29. The molecule has 1 aromatic carbocycles. The number of nitrogens with one attached hydrogen (secondary N) is 2. The lowest BCUT2D eigenvalue weighted by molar-refractivity contribution is 0.438. The molecule has 6 heteroatoms. The van der Waals surface area contributed by atoms with Gasteiger partial charge in [-0.25, -0.2) is 17.5 Å². The quantitative estimate of drug-likeness (QED) is 0.869. The molecular formula is C12H17FN2O2S. The van der Waals surface area contributed by atoms with Crippen LogP contribution in [0.15, 0.2) is 23.1 Å². The molecule has 1 aromatic rings. The molecule has 2 N–H and O–H groups in total. The van der Waals surface area contributed by atoms with Crippen molar-refractivity contribution in [2.75, 3.05) is 20.1 Å². The Hall–Kier alpha value is -0.980. The number of benzene rings is 1. The van der Waals surface area contributed by atoms with Crippen molar-refractivity contribution in [3.63, 3.8) is 0 Å². The Kier molecular flexibility index (Phi) is 3.99. The van der Waals surface area contributed by atoms with Crippen LogP contribution >= 0.6 is 0 Å². The Morgan fingerprint density at radius 2 is 2.00 bits per heavy atom. The Morgan fingerprint density at radius 3 is 2.61 bits per heavy atom. The summed E-state index contributed by atoms with van der Waals surface area (Å²) in [6, 6.07) is 4.22. The highest BCUT2D eigenvalue weighted by molar-refractivity contribution is 7.89. The van der Waals surface area contributed by atoms with Gasteiger partial charge in [-0.05, 0) is 51.0 Å². The van der Waals surface area contributed by atoms with E-state index in [4.69, 9.17) is 0 Å². The van der Waals surface area contributed by atoms with Gasteiger partial charge in [0.1, 0.15) is 5.82 Å². The van der Waals surface area contributed by atoms with Crippen LogP contribution in [-0.4, -0.2) is 28.6 Å². The first-order valence-corrected chi connectivity index (χ1v) is 7.47. The van der Waals surface area contributed by atoms with Crippen LogP contribution in [0, 0.1) is 5.82 Å². The molecule has 100 valence electrons. The smallest absolute Gasteiger partial charge is 0.240 e. The molecule has 0 atom stereocenters. The third-order valence-corrected chi connectivity index (χ3v) is 4.79. The van der Waals surface area contributed by atoms with E-state index in [1.54, 1.807) is 0 Å². The number of halogens is 1. The third kappa shape index (κ3) is 2.55. The molecule has 0 aliphatic carbocycles. The molecule has 0 saturated carbocycles. The van der Waals surface area contributed by atoms with Gasteiger partial charge in [-0.2, -0.15) is 0 Å². The van der Waals surface area contributed by atoms with Gasteiger partial charge >= 0.3 is 0 Å². The largest absolute Gasteiger partial charge is 0.317 e. The van der Waals surface area contributed by atoms with Crippen molar-refractivity contribution in [1.82, 2.24) is 10.0 Å². The second kappa shape index (κ2) is 5.34. The van der Waals surface area contributed by atoms with E-state index in [1.807, 2.05) is 0 Å². The van der Waals surface area contributed by atoms with Crippen molar-refractivity contribution >= 4 is 10.0 Å². The Morgan fingerprint density at radius 1 is 1.33 bits per heavy atom. The van der Waals surface area contributed by atoms with Crippen LogP contribution in [0.25, 0.3) is 0 Å². The molecule has 1 heterocycles. The summed E-state index contributed by atoms with van der Waals surface area (Å²) < 4.78 is 40.1. The van der Waals surface area contributed by atoms with Gasteiger partial charge in [0.25, 0.3) is 0 Å². The van der Waals surface area contributed by atoms with Crippen molar-refractivity contribution in [2.45, 2.75) is 23.7 Å². The fourth-order valence-corrected chi connectivity index (χ4v) is 3.40. The van der Waals surface area contributed by atoms with E-state index in [0.29, 0.717) is 5.56 Å². The van der Waals surface area contributed by atoms with Gasteiger partial charge in [-0.1, -0.05) is 6.07 Å². The zero-order valence-corrected chi connectivity index (χ0v) is 11.1. The van der Waals surface area contributed by atoms with Crippen LogP contribution in [0.1, 0.15) is 24.3 Å². The molecule has 0 bridgehead atoms. The van der Waals surface area contributed by atoms with E-state index >= 15 is 0 Å². The number of hydrogen-bond donors (Lipinski definition) is 2. The molecule has 1 aliphatic heterocycles. The van der Waals surface area contributed by atoms with Crippen molar-refractivity contribution in [1.29, 1.82) is 0 Å². The number of rotatable bonds is 3. The molecule has 18 heavy (non-hydrogen) atoms. The third-order valence-electron chi connectivity index (χ3n) is 3.32. The average Bonchev–Trinajstić information content (AvgIpc) is 2.39. The van der Waals surface area contributed by atoms with Crippen LogP contribution in [0.3, 0.4) is 0 Å². The molecule has 0 radical (unpaired) electrons. The highest BCUT2D eigenvalue weighted by atomic mass is 32.2. The van der Waals surface area contributed by atoms with E-state index in [2.05, 4.69) is 10.0 Å². The molecule has 0 aromatic heterocycles. The zero-order chi connectivity index (χ0) is 13.2. The lowest BCUT2D eigenvalue weighted by atomic mass is 9.90. The van der Waals surface area contributed by atoms with E-state index < -0.39 is 15.8 Å². The first kappa shape index (κ1) is 13.5. The maximum absolute atomic E-state index is 14.0. The predicted molar refractivity (Wildman–Crippen MR) is 67.5 cm³/mol. The van der Waals surface area contributed by atoms with E-state index in [1.165, 1.54) is 25.2 Å². The minimum absolute atomic E-state index is 0.0365. The summed E-state index contributed by atoms with van der Waals surface area (Å²) in [5.41, 5.74) is 0.327. The molecule has 0 amide bonds. The van der Waals surface area contributed by atoms with Gasteiger partial charge in [0, 0.05) is 5.56 Å². The van der Waals surface area contributed by atoms with Crippen molar-refractivity contribution in [2.24, 2.45) is 0 Å². The first-order chi connectivity index (χ1) is 8.56. The van der Waals surface area contributed by atoms with Gasteiger partial charge in [0.15, 0.2) is 0 Å². The molecule has 0 spiro atoms. The number of sulfonamides is 1. The SMILES string of the molecule is CNS(=O)(=O)c1cccc(F)c1C1CCNCC1. The molecular weight excluding hydrogens is 255 g/mol. The number of hydrogen-bond acceptors (Lipinski definition) is 3. The highest BCUT2D eigenvalue weighted by Crippen LogP contribution is 2.32. The van der Waals surface area contributed by atoms with Crippen molar-refractivity contribution < 1.29 is 12.8 Å². The monoisotopic (exact) mass is 272 g/mol. The molecule has 4 nitrogen and oxygen atoms in total. The molecule has 1 fully saturated rings. The van der Waals surface area contributed by atoms with Gasteiger partial charge in [0.2, 0.25) is 10.0 Å². The van der Waals surface area contributed by atoms with Crippen molar-refractivity contribution in [3.05, 3.63) is 29.6 Å². The molecule has 0 unspecified atom stereocenters. The van der Waals surface area contributed by atoms with Crippen LogP contribution in [-0.2, 0) is 10.0 Å². The van der Waals surface area contributed by atoms with Gasteiger partial charge in [0.05, 0.1) is 4.90 Å². The maximum Gasteiger partial charge on any atom is 0.240 e. The zero-order valence-electron chi connectivity index (χ0n) is 10.2. The summed E-state index contributed by atoms with van der Waals surface area (Å²) >= 11 is 0. The summed E-state index contributed by atoms with van der Waals surface area (Å²) in [6.45, 7) is 1.58. The van der Waals surface area contributed by atoms with Crippen LogP contribution in [0.4, 0.5) is 4.39 Å². The summed E-state index contributed by atoms with van der Waals surface area (Å²) in [7, 11) is -2.27. The van der Waals surface area contributed by atoms with Crippen LogP contribution in [0.2, 0.25) is 0 Å². The average molecular weight is 272 g/mol. The van der Waals surface area contributed by atoms with Gasteiger partial charge in [-0.15, -0.1) is 0 Å². The Bertz CT molecular complexity index is 525. The Labute approximate surface area is 107 Å². The van der Waals surface area contributed by atoms with E-state index in [9.17, 15) is 12.8 Å². The van der Waals surface area contributed by atoms with Crippen LogP contribution in [0.5, 0.6) is 0 Å². The minimum Gasteiger partial charge on any atom is -0.317 e. The fraction of sp³-hybridized carbons (Fsp3) is 0.500. The first-order valence-electron chi connectivity index (χ1n) is 5.99. The molecule has 1 saturated heterocycles. The summed E-state index contributed by atoms with van der Waals surface area (Å²) in [6.07, 6.45) is 1.51. The maximum atomic E-state index is 14.0. The summed E-state index contributed by atoms with van der Waals surface area (Å²) in [5.74, 6) is -0.469. The van der Waals surface area contributed by atoms with E-state index in [0.717, 1.165) is 25.9 Å². The normalized spacial score (nSPS) is 17.9. The second-order valence-corrected chi connectivity index (χ2v) is 6.24. The van der Waals surface area contributed by atoms with Crippen molar-refractivity contribution in [3.8, 4) is 0 Å². The predicted octanol–water partition coefficient (Wildman–Crippen LogP) is 1.20. The second-order valence-electron chi connectivity index (χ2n) is 4.38. The lowest BCUT2D eigenvalue weighted by Gasteiger charge is -2.25. The fourth-order valence-electron chi connectivity index (χ4n) is 2.37. The summed E-state index contributed by atoms with van der Waals surface area (Å²) in [4.78, 5) is 0.0666. The van der Waals surface area contributed by atoms with Crippen LogP contribution < -0.4 is 10.0 Å². The van der Waals surface area contributed by atoms with Gasteiger partial charge in [-0.3, -0.25) is 0 Å². The summed E-state index contributed by atoms with van der Waals surface area (Å²) in [5, 5.41) is 3.19. The van der Waals surface area contributed by atoms with Gasteiger partial charge < -0.3 is 5.32 Å². The molecule has 2 rings (SSSR count). The van der Waals surface area contributed by atoms with E-state index in [-0.39, 0.29) is 10.8 Å². The highest BCUT2D eigenvalue weighted by Gasteiger charge is 2.26.